The fourth-order valence-electron chi connectivity index (χ4n) is 4.53. The van der Waals surface area contributed by atoms with E-state index >= 15 is 0 Å². The summed E-state index contributed by atoms with van der Waals surface area (Å²) in [6.45, 7) is 9.79. The zero-order valence-electron chi connectivity index (χ0n) is 16.7. The minimum atomic E-state index is -1.66. The highest BCUT2D eigenvalue weighted by Gasteiger charge is 2.54. The molecule has 3 heteroatoms. The van der Waals surface area contributed by atoms with Gasteiger partial charge in [0.25, 0.3) is 0 Å². The molecule has 0 spiro atoms. The molecule has 0 amide bonds. The fraction of sp³-hybridized carbons (Fsp3) is 0.478. The first kappa shape index (κ1) is 20.0. The van der Waals surface area contributed by atoms with Gasteiger partial charge in [-0.2, -0.15) is 5.09 Å². The third-order valence-electron chi connectivity index (χ3n) is 5.39. The summed E-state index contributed by atoms with van der Waals surface area (Å²) >= 11 is 0. The highest BCUT2D eigenvalue weighted by Crippen LogP contribution is 2.83. The molecule has 1 fully saturated rings. The summed E-state index contributed by atoms with van der Waals surface area (Å²) in [6, 6.07) is 23.5. The Kier molecular flexibility index (Phi) is 6.90. The Bertz CT molecular complexity index is 616. The summed E-state index contributed by atoms with van der Waals surface area (Å²) < 4.78 is 0. The van der Waals surface area contributed by atoms with Crippen LogP contribution in [0.4, 0.5) is 0 Å². The van der Waals surface area contributed by atoms with Gasteiger partial charge in [-0.1, -0.05) is 76.9 Å². The van der Waals surface area contributed by atoms with Gasteiger partial charge in [0.15, 0.2) is 7.10 Å². The lowest BCUT2D eigenvalue weighted by Crippen LogP contribution is -2.39. The first-order valence-corrected chi connectivity index (χ1v) is 14.1. The monoisotopic (exact) mass is 386 g/mol. The topological polar surface area (TPSA) is 12.0 Å². The van der Waals surface area contributed by atoms with Crippen molar-refractivity contribution >= 4 is 25.3 Å². The van der Waals surface area contributed by atoms with E-state index in [2.05, 4.69) is 93.4 Å². The van der Waals surface area contributed by atoms with Gasteiger partial charge in [0.2, 0.25) is 0 Å². The molecule has 1 aliphatic carbocycles. The Morgan fingerprint density at radius 2 is 1.19 bits per heavy atom. The molecule has 1 N–H and O–H groups in total. The maximum Gasteiger partial charge on any atom is 0.164 e. The lowest BCUT2D eigenvalue weighted by atomic mass is 10.3. The molecule has 0 radical (unpaired) electrons. The molecule has 140 valence electrons. The van der Waals surface area contributed by atoms with Crippen molar-refractivity contribution in [2.45, 2.75) is 70.7 Å². The van der Waals surface area contributed by atoms with E-state index in [0.29, 0.717) is 17.4 Å². The van der Waals surface area contributed by atoms with Gasteiger partial charge in [0.1, 0.15) is 10.6 Å². The van der Waals surface area contributed by atoms with Crippen molar-refractivity contribution in [3.05, 3.63) is 60.7 Å². The second-order valence-electron chi connectivity index (χ2n) is 7.98. The van der Waals surface area contributed by atoms with Crippen molar-refractivity contribution in [3.8, 4) is 0 Å². The van der Waals surface area contributed by atoms with E-state index in [9.17, 15) is 0 Å². The summed E-state index contributed by atoms with van der Waals surface area (Å²) in [4.78, 5) is 0. The quantitative estimate of drug-likeness (QED) is 0.549. The maximum absolute atomic E-state index is 4.36. The second-order valence-corrected chi connectivity index (χ2v) is 16.6. The molecule has 0 aromatic heterocycles. The van der Waals surface area contributed by atoms with Crippen LogP contribution in [0, 0.1) is 0 Å². The Balaban J connectivity index is 2.22. The normalized spacial score (nSPS) is 16.1. The van der Waals surface area contributed by atoms with Crippen LogP contribution in [-0.2, 0) is 0 Å². The van der Waals surface area contributed by atoms with Crippen molar-refractivity contribution in [2.24, 2.45) is 0 Å². The van der Waals surface area contributed by atoms with Crippen LogP contribution in [0.15, 0.2) is 60.7 Å². The molecule has 26 heavy (non-hydrogen) atoms. The molecule has 1 aliphatic rings. The first-order valence-electron chi connectivity index (χ1n) is 10.1. The smallest absolute Gasteiger partial charge is 0.164 e. The molecule has 0 heterocycles. The van der Waals surface area contributed by atoms with Gasteiger partial charge in [0.05, 0.1) is 7.61 Å². The molecule has 1 saturated carbocycles. The third kappa shape index (κ3) is 4.06. The number of nitrogens with one attached hydrogen (secondary N) is 1. The van der Waals surface area contributed by atoms with E-state index in [0.717, 1.165) is 0 Å². The molecule has 0 atom stereocenters. The highest BCUT2D eigenvalue weighted by atomic mass is 32.1. The molecule has 0 bridgehead atoms. The lowest BCUT2D eigenvalue weighted by Gasteiger charge is -2.40. The van der Waals surface area contributed by atoms with Gasteiger partial charge in [0, 0.05) is 17.4 Å². The van der Waals surface area contributed by atoms with E-state index < -0.39 is 7.10 Å². The molecule has 2 aromatic rings. The van der Waals surface area contributed by atoms with Crippen molar-refractivity contribution in [1.29, 1.82) is 0 Å². The van der Waals surface area contributed by atoms with E-state index in [4.69, 9.17) is 0 Å². The van der Waals surface area contributed by atoms with Crippen molar-refractivity contribution < 1.29 is 0 Å². The van der Waals surface area contributed by atoms with Crippen molar-refractivity contribution in [3.63, 3.8) is 0 Å². The van der Waals surface area contributed by atoms with Gasteiger partial charge in [-0.3, -0.25) is 0 Å². The molecular formula is C23H34NP2+. The summed E-state index contributed by atoms with van der Waals surface area (Å²) in [5, 5.41) is 7.46. The molecular weight excluding hydrogens is 352 g/mol. The largest absolute Gasteiger partial charge is 0.178 e. The molecule has 0 aliphatic heterocycles. The summed E-state index contributed by atoms with van der Waals surface area (Å²) in [6.07, 6.45) is 5.42. The fourth-order valence-corrected chi connectivity index (χ4v) is 17.8. The Morgan fingerprint density at radius 3 is 1.58 bits per heavy atom. The molecule has 3 rings (SSSR count). The van der Waals surface area contributed by atoms with Crippen LogP contribution in [0.5, 0.6) is 0 Å². The minimum absolute atomic E-state index is 0.195. The standard InChI is InChI=1S/C23H34NP2/c1-19(2)25(20(3)4)26(22-15-7-5-8-16-22,23-17-9-6-10-18-23)24-21-13-11-12-14-21/h5-10,15-21,24H,11-14H2,1-4H3/q+1. The summed E-state index contributed by atoms with van der Waals surface area (Å²) in [5.41, 5.74) is 1.40. The SMILES string of the molecule is CC(C)P(C(C)C)[P+](NC1CCCC1)(c1ccccc1)c1ccccc1. The zero-order chi connectivity index (χ0) is 18.6. The zero-order valence-corrected chi connectivity index (χ0v) is 18.5. The van der Waals surface area contributed by atoms with Gasteiger partial charge in [-0.05, 0) is 37.1 Å². The van der Waals surface area contributed by atoms with Crippen LogP contribution in [0.3, 0.4) is 0 Å². The Labute approximate surface area is 162 Å². The molecule has 0 saturated heterocycles. The number of hydrogen-bond acceptors (Lipinski definition) is 1. The van der Waals surface area contributed by atoms with E-state index in [1.807, 2.05) is 0 Å². The highest BCUT2D eigenvalue weighted by molar-refractivity contribution is 8.44. The van der Waals surface area contributed by atoms with Crippen LogP contribution < -0.4 is 15.7 Å². The Hall–Kier alpha value is -0.740. The van der Waals surface area contributed by atoms with Crippen LogP contribution >= 0.6 is 14.7 Å². The van der Waals surface area contributed by atoms with Gasteiger partial charge in [-0.15, -0.1) is 0 Å². The van der Waals surface area contributed by atoms with Crippen molar-refractivity contribution in [2.75, 3.05) is 0 Å². The molecule has 1 nitrogen and oxygen atoms in total. The van der Waals surface area contributed by atoms with Gasteiger partial charge < -0.3 is 0 Å². The minimum Gasteiger partial charge on any atom is -0.178 e. The van der Waals surface area contributed by atoms with Gasteiger partial charge in [-0.25, -0.2) is 0 Å². The van der Waals surface area contributed by atoms with E-state index in [1.165, 1.54) is 25.7 Å². The molecule has 2 aromatic carbocycles. The predicted molar refractivity (Wildman–Crippen MR) is 122 cm³/mol. The van der Waals surface area contributed by atoms with Crippen LogP contribution in [0.1, 0.15) is 53.4 Å². The summed E-state index contributed by atoms with van der Waals surface area (Å²) in [7, 11) is -1.85. The maximum atomic E-state index is 4.36. The average Bonchev–Trinajstić information content (AvgIpc) is 3.15. The van der Waals surface area contributed by atoms with Crippen LogP contribution in [0.2, 0.25) is 0 Å². The predicted octanol–water partition coefficient (Wildman–Crippen LogP) is 6.32. The van der Waals surface area contributed by atoms with Crippen LogP contribution in [-0.4, -0.2) is 17.4 Å². The average molecular weight is 386 g/mol. The van der Waals surface area contributed by atoms with Crippen molar-refractivity contribution in [1.82, 2.24) is 5.09 Å². The van der Waals surface area contributed by atoms with E-state index in [-0.39, 0.29) is 7.61 Å². The number of rotatable bonds is 7. The number of hydrogen-bond donors (Lipinski definition) is 1. The lowest BCUT2D eigenvalue weighted by molar-refractivity contribution is 0.651. The third-order valence-corrected chi connectivity index (χ3v) is 17.6. The first-order chi connectivity index (χ1) is 12.6. The second kappa shape index (κ2) is 8.97. The van der Waals surface area contributed by atoms with Gasteiger partial charge >= 0.3 is 0 Å². The number of benzene rings is 2. The van der Waals surface area contributed by atoms with E-state index in [1.54, 1.807) is 10.6 Å². The summed E-state index contributed by atoms with van der Waals surface area (Å²) in [5.74, 6) is 0. The Morgan fingerprint density at radius 1 is 0.769 bits per heavy atom. The molecule has 0 unspecified atom stereocenters. The van der Waals surface area contributed by atoms with Crippen LogP contribution in [0.25, 0.3) is 0 Å².